The molecular formula is C17H12FIN4O. The van der Waals surface area contributed by atoms with Gasteiger partial charge >= 0.3 is 0 Å². The Hall–Kier alpha value is -2.55. The second-order valence-corrected chi connectivity index (χ2v) is 6.09. The van der Waals surface area contributed by atoms with Gasteiger partial charge in [0.1, 0.15) is 11.6 Å². The van der Waals surface area contributed by atoms with Gasteiger partial charge in [-0.25, -0.2) is 9.37 Å². The lowest BCUT2D eigenvalue weighted by molar-refractivity contribution is 0.102. The van der Waals surface area contributed by atoms with Crippen LogP contribution in [0.2, 0.25) is 0 Å². The van der Waals surface area contributed by atoms with E-state index in [9.17, 15) is 9.18 Å². The summed E-state index contributed by atoms with van der Waals surface area (Å²) in [5.74, 6) is -0.322. The van der Waals surface area contributed by atoms with Crippen molar-refractivity contribution in [2.45, 2.75) is 0 Å². The number of hydrogen-bond acceptors (Lipinski definition) is 4. The zero-order valence-electron chi connectivity index (χ0n) is 12.3. The third kappa shape index (κ3) is 3.85. The van der Waals surface area contributed by atoms with E-state index in [2.05, 4.69) is 20.6 Å². The standard InChI is InChI=1S/C17H12FIN4O/c18-13-9-11(19)4-5-14(13)22-15-10-20-8-6-12(15)17(24)23-16-3-1-2-7-21-16/h1-10,22H,(H,21,23,24). The SMILES string of the molecule is O=C(Nc1ccccn1)c1ccncc1Nc1ccc(I)cc1F. The van der Waals surface area contributed by atoms with Gasteiger partial charge in [-0.05, 0) is 59.0 Å². The van der Waals surface area contributed by atoms with Gasteiger partial charge in [0.15, 0.2) is 0 Å². The van der Waals surface area contributed by atoms with Gasteiger partial charge < -0.3 is 10.6 Å². The Bertz CT molecular complexity index is 873. The predicted molar refractivity (Wildman–Crippen MR) is 98.8 cm³/mol. The highest BCUT2D eigenvalue weighted by molar-refractivity contribution is 14.1. The van der Waals surface area contributed by atoms with Gasteiger partial charge in [-0.1, -0.05) is 6.07 Å². The summed E-state index contributed by atoms with van der Waals surface area (Å²) in [6.07, 6.45) is 4.57. The van der Waals surface area contributed by atoms with E-state index in [1.54, 1.807) is 42.6 Å². The Morgan fingerprint density at radius 2 is 1.96 bits per heavy atom. The predicted octanol–water partition coefficient (Wildman–Crippen LogP) is 4.22. The van der Waals surface area contributed by atoms with Crippen molar-refractivity contribution in [1.29, 1.82) is 0 Å². The maximum atomic E-state index is 14.0. The summed E-state index contributed by atoms with van der Waals surface area (Å²) < 4.78 is 14.8. The van der Waals surface area contributed by atoms with Crippen LogP contribution < -0.4 is 10.6 Å². The number of anilines is 3. The number of aromatic nitrogens is 2. The molecule has 24 heavy (non-hydrogen) atoms. The monoisotopic (exact) mass is 434 g/mol. The first-order valence-electron chi connectivity index (χ1n) is 7.02. The van der Waals surface area contributed by atoms with Crippen LogP contribution in [-0.4, -0.2) is 15.9 Å². The molecule has 0 bridgehead atoms. The largest absolute Gasteiger partial charge is 0.351 e. The molecule has 0 saturated carbocycles. The second kappa shape index (κ2) is 7.35. The summed E-state index contributed by atoms with van der Waals surface area (Å²) in [5, 5.41) is 5.61. The van der Waals surface area contributed by atoms with Crippen LogP contribution in [0.1, 0.15) is 10.4 Å². The Labute approximate surface area is 151 Å². The van der Waals surface area contributed by atoms with Crippen LogP contribution in [0.4, 0.5) is 21.6 Å². The van der Waals surface area contributed by atoms with Gasteiger partial charge in [-0.2, -0.15) is 0 Å². The molecule has 1 aromatic carbocycles. The topological polar surface area (TPSA) is 66.9 Å². The molecule has 3 rings (SSSR count). The van der Waals surface area contributed by atoms with Crippen molar-refractivity contribution < 1.29 is 9.18 Å². The fourth-order valence-electron chi connectivity index (χ4n) is 2.05. The summed E-state index contributed by atoms with van der Waals surface area (Å²) in [6.45, 7) is 0. The minimum Gasteiger partial charge on any atom is -0.351 e. The van der Waals surface area contributed by atoms with Crippen LogP contribution in [0, 0.1) is 9.39 Å². The quantitative estimate of drug-likeness (QED) is 0.604. The maximum absolute atomic E-state index is 14.0. The first-order chi connectivity index (χ1) is 11.6. The summed E-state index contributed by atoms with van der Waals surface area (Å²) in [6, 6.07) is 11.6. The normalized spacial score (nSPS) is 10.2. The molecule has 0 radical (unpaired) electrons. The highest BCUT2D eigenvalue weighted by Gasteiger charge is 2.13. The molecule has 0 unspecified atom stereocenters. The highest BCUT2D eigenvalue weighted by atomic mass is 127. The van der Waals surface area contributed by atoms with E-state index in [4.69, 9.17) is 0 Å². The number of carbonyl (C=O) groups excluding carboxylic acids is 1. The first-order valence-corrected chi connectivity index (χ1v) is 8.10. The molecule has 0 fully saturated rings. The molecule has 0 aliphatic rings. The lowest BCUT2D eigenvalue weighted by atomic mass is 10.2. The number of nitrogens with zero attached hydrogens (tertiary/aromatic N) is 2. The molecule has 1 amide bonds. The van der Waals surface area contributed by atoms with Gasteiger partial charge in [0.05, 0.1) is 23.1 Å². The molecule has 3 aromatic rings. The number of amides is 1. The maximum Gasteiger partial charge on any atom is 0.259 e. The van der Waals surface area contributed by atoms with E-state index in [1.807, 2.05) is 22.6 Å². The van der Waals surface area contributed by atoms with Crippen molar-refractivity contribution in [3.8, 4) is 0 Å². The van der Waals surface area contributed by atoms with E-state index < -0.39 is 5.82 Å². The van der Waals surface area contributed by atoms with Crippen LogP contribution in [0.5, 0.6) is 0 Å². The Morgan fingerprint density at radius 1 is 1.08 bits per heavy atom. The lowest BCUT2D eigenvalue weighted by Gasteiger charge is -2.12. The Morgan fingerprint density at radius 3 is 2.71 bits per heavy atom. The summed E-state index contributed by atoms with van der Waals surface area (Å²) in [7, 11) is 0. The Balaban J connectivity index is 1.86. The lowest BCUT2D eigenvalue weighted by Crippen LogP contribution is -2.15. The third-order valence-electron chi connectivity index (χ3n) is 3.17. The molecule has 7 heteroatoms. The minimum absolute atomic E-state index is 0.273. The van der Waals surface area contributed by atoms with E-state index in [-0.39, 0.29) is 11.6 Å². The molecule has 0 aliphatic heterocycles. The summed E-state index contributed by atoms with van der Waals surface area (Å²) in [4.78, 5) is 20.5. The number of rotatable bonds is 4. The first kappa shape index (κ1) is 16.3. The molecule has 2 heterocycles. The molecule has 0 aliphatic carbocycles. The molecule has 0 saturated heterocycles. The van der Waals surface area contributed by atoms with E-state index in [1.165, 1.54) is 18.5 Å². The number of carbonyl (C=O) groups is 1. The zero-order valence-corrected chi connectivity index (χ0v) is 14.5. The number of halogens is 2. The van der Waals surface area contributed by atoms with Crippen LogP contribution in [0.3, 0.4) is 0 Å². The number of pyridine rings is 2. The molecule has 2 N–H and O–H groups in total. The van der Waals surface area contributed by atoms with Crippen molar-refractivity contribution in [3.63, 3.8) is 0 Å². The number of nitrogens with one attached hydrogen (secondary N) is 2. The van der Waals surface area contributed by atoms with Gasteiger partial charge in [-0.15, -0.1) is 0 Å². The number of benzene rings is 1. The van der Waals surface area contributed by atoms with Crippen molar-refractivity contribution >= 4 is 45.7 Å². The van der Waals surface area contributed by atoms with Gasteiger partial charge in [0, 0.05) is 16.0 Å². The minimum atomic E-state index is -0.401. The van der Waals surface area contributed by atoms with Crippen molar-refractivity contribution in [2.24, 2.45) is 0 Å². The van der Waals surface area contributed by atoms with Crippen molar-refractivity contribution in [3.05, 3.63) is 76.0 Å². The fraction of sp³-hybridized carbons (Fsp3) is 0. The zero-order chi connectivity index (χ0) is 16.9. The van der Waals surface area contributed by atoms with Gasteiger partial charge in [-0.3, -0.25) is 9.78 Å². The third-order valence-corrected chi connectivity index (χ3v) is 3.84. The van der Waals surface area contributed by atoms with E-state index >= 15 is 0 Å². The van der Waals surface area contributed by atoms with Crippen LogP contribution in [-0.2, 0) is 0 Å². The van der Waals surface area contributed by atoms with Gasteiger partial charge in [0.2, 0.25) is 0 Å². The summed E-state index contributed by atoms with van der Waals surface area (Å²) >= 11 is 2.03. The smallest absolute Gasteiger partial charge is 0.259 e. The summed E-state index contributed by atoms with van der Waals surface area (Å²) in [5.41, 5.74) is 1.02. The molecule has 5 nitrogen and oxygen atoms in total. The second-order valence-electron chi connectivity index (χ2n) is 4.84. The van der Waals surface area contributed by atoms with Crippen molar-refractivity contribution in [1.82, 2.24) is 9.97 Å². The average Bonchev–Trinajstić information content (AvgIpc) is 2.59. The molecule has 0 atom stereocenters. The molecular weight excluding hydrogens is 422 g/mol. The molecule has 2 aromatic heterocycles. The molecule has 0 spiro atoms. The van der Waals surface area contributed by atoms with Crippen LogP contribution in [0.25, 0.3) is 0 Å². The van der Waals surface area contributed by atoms with E-state index in [0.717, 1.165) is 3.57 Å². The Kier molecular flexibility index (Phi) is 4.99. The molecule has 120 valence electrons. The van der Waals surface area contributed by atoms with E-state index in [0.29, 0.717) is 17.1 Å². The number of hydrogen-bond donors (Lipinski definition) is 2. The van der Waals surface area contributed by atoms with Crippen molar-refractivity contribution in [2.75, 3.05) is 10.6 Å². The van der Waals surface area contributed by atoms with Gasteiger partial charge in [0.25, 0.3) is 5.91 Å². The average molecular weight is 434 g/mol. The van der Waals surface area contributed by atoms with Crippen LogP contribution >= 0.6 is 22.6 Å². The fourth-order valence-corrected chi connectivity index (χ4v) is 2.50. The van der Waals surface area contributed by atoms with Crippen LogP contribution in [0.15, 0.2) is 61.1 Å². The highest BCUT2D eigenvalue weighted by Crippen LogP contribution is 2.24.